The van der Waals surface area contributed by atoms with Gasteiger partial charge in [0, 0.05) is 24.5 Å². The number of hydrogen-bond donors (Lipinski definition) is 2. The Balaban J connectivity index is 1.99. The topological polar surface area (TPSA) is 101 Å². The number of carbonyl (C=O) groups is 2. The number of nitro groups is 1. The first kappa shape index (κ1) is 21.9. The molecule has 0 heterocycles. The van der Waals surface area contributed by atoms with E-state index < -0.39 is 28.3 Å². The first-order valence-corrected chi connectivity index (χ1v) is 8.50. The van der Waals surface area contributed by atoms with E-state index in [9.17, 15) is 32.9 Å². The van der Waals surface area contributed by atoms with Crippen LogP contribution in [0.4, 0.5) is 24.5 Å². The number of nitrogens with one attached hydrogen (secondary N) is 2. The van der Waals surface area contributed by atoms with Crippen molar-refractivity contribution in [2.45, 2.75) is 32.9 Å². The minimum Gasteiger partial charge on any atom is -0.294 e. The Hall–Kier alpha value is -3.43. The Morgan fingerprint density at radius 1 is 1.07 bits per heavy atom. The van der Waals surface area contributed by atoms with Gasteiger partial charge >= 0.3 is 6.18 Å². The van der Waals surface area contributed by atoms with Crippen molar-refractivity contribution in [2.75, 3.05) is 5.43 Å². The molecule has 0 bridgehead atoms. The highest BCUT2D eigenvalue weighted by Gasteiger charge is 2.33. The molecule has 0 aliphatic carbocycles. The van der Waals surface area contributed by atoms with Gasteiger partial charge in [-0.15, -0.1) is 0 Å². The lowest BCUT2D eigenvalue weighted by Crippen LogP contribution is -2.30. The Kier molecular flexibility index (Phi) is 6.57. The Morgan fingerprint density at radius 3 is 2.38 bits per heavy atom. The van der Waals surface area contributed by atoms with Crippen LogP contribution in [0.25, 0.3) is 0 Å². The summed E-state index contributed by atoms with van der Waals surface area (Å²) in [6.07, 6.45) is -5.03. The summed E-state index contributed by atoms with van der Waals surface area (Å²) < 4.78 is 38.1. The maximum absolute atomic E-state index is 12.7. The summed E-state index contributed by atoms with van der Waals surface area (Å²) >= 11 is 0. The summed E-state index contributed by atoms with van der Waals surface area (Å²) in [5.41, 5.74) is 4.25. The Labute approximate surface area is 164 Å². The van der Waals surface area contributed by atoms with Gasteiger partial charge in [0.2, 0.25) is 5.91 Å². The normalized spacial score (nSPS) is 11.1. The quantitative estimate of drug-likeness (QED) is 0.403. The molecular weight excluding hydrogens is 391 g/mol. The van der Waals surface area contributed by atoms with E-state index in [1.165, 1.54) is 0 Å². The molecule has 2 rings (SSSR count). The molecule has 0 aliphatic rings. The van der Waals surface area contributed by atoms with E-state index >= 15 is 0 Å². The third-order valence-electron chi connectivity index (χ3n) is 4.13. The minimum absolute atomic E-state index is 0.0904. The summed E-state index contributed by atoms with van der Waals surface area (Å²) in [5, 5.41) is 11.0. The molecule has 0 saturated carbocycles. The number of carbonyl (C=O) groups excluding carboxylic acids is 2. The van der Waals surface area contributed by atoms with Gasteiger partial charge in [-0.05, 0) is 37.6 Å². The third-order valence-corrected chi connectivity index (χ3v) is 4.13. The first-order valence-electron chi connectivity index (χ1n) is 8.50. The zero-order chi connectivity index (χ0) is 21.8. The predicted molar refractivity (Wildman–Crippen MR) is 99.3 cm³/mol. The molecule has 0 aromatic heterocycles. The molecule has 0 aliphatic heterocycles. The van der Waals surface area contributed by atoms with Crippen LogP contribution in [-0.2, 0) is 11.0 Å². The molecule has 2 N–H and O–H groups in total. The monoisotopic (exact) mass is 409 g/mol. The second kappa shape index (κ2) is 8.72. The molecule has 0 fully saturated rings. The van der Waals surface area contributed by atoms with Gasteiger partial charge in [-0.3, -0.25) is 30.6 Å². The average Bonchev–Trinajstić information content (AvgIpc) is 2.65. The van der Waals surface area contributed by atoms with E-state index in [0.29, 0.717) is 17.7 Å². The van der Waals surface area contributed by atoms with Crippen molar-refractivity contribution in [1.29, 1.82) is 0 Å². The van der Waals surface area contributed by atoms with Crippen molar-refractivity contribution in [2.24, 2.45) is 0 Å². The fraction of sp³-hybridized carbons (Fsp3) is 0.263. The molecular formula is C19H18F3N3O4. The van der Waals surface area contributed by atoms with E-state index in [1.54, 1.807) is 19.1 Å². The maximum atomic E-state index is 12.7. The average molecular weight is 409 g/mol. The second-order valence-corrected chi connectivity index (χ2v) is 6.40. The van der Waals surface area contributed by atoms with E-state index in [4.69, 9.17) is 0 Å². The van der Waals surface area contributed by atoms with Crippen molar-refractivity contribution >= 4 is 23.1 Å². The van der Waals surface area contributed by atoms with Crippen LogP contribution < -0.4 is 10.9 Å². The molecule has 154 valence electrons. The molecule has 0 atom stereocenters. The van der Waals surface area contributed by atoms with Gasteiger partial charge in [-0.1, -0.05) is 17.7 Å². The maximum Gasteiger partial charge on any atom is 0.416 e. The van der Waals surface area contributed by atoms with Gasteiger partial charge in [0.1, 0.15) is 5.69 Å². The number of halogens is 3. The van der Waals surface area contributed by atoms with Crippen LogP contribution >= 0.6 is 0 Å². The molecule has 0 spiro atoms. The highest BCUT2D eigenvalue weighted by Crippen LogP contribution is 2.34. The highest BCUT2D eigenvalue weighted by molar-refractivity contribution is 5.99. The van der Waals surface area contributed by atoms with Crippen LogP contribution in [0.2, 0.25) is 0 Å². The zero-order valence-electron chi connectivity index (χ0n) is 15.6. The van der Waals surface area contributed by atoms with Gasteiger partial charge < -0.3 is 0 Å². The number of amides is 1. The summed E-state index contributed by atoms with van der Waals surface area (Å²) in [4.78, 5) is 34.2. The lowest BCUT2D eigenvalue weighted by atomic mass is 9.99. The molecule has 0 unspecified atom stereocenters. The lowest BCUT2D eigenvalue weighted by Gasteiger charge is -2.11. The molecule has 2 aromatic carbocycles. The van der Waals surface area contributed by atoms with Gasteiger partial charge in [-0.2, -0.15) is 13.2 Å². The molecule has 1 amide bonds. The highest BCUT2D eigenvalue weighted by atomic mass is 19.4. The fourth-order valence-corrected chi connectivity index (χ4v) is 2.56. The minimum atomic E-state index is -4.74. The number of hydrazine groups is 1. The summed E-state index contributed by atoms with van der Waals surface area (Å²) in [5.74, 6) is -0.875. The number of nitrogens with zero attached hydrogens (tertiary/aromatic N) is 1. The number of benzene rings is 2. The molecule has 0 radical (unpaired) electrons. The Bertz CT molecular complexity index is 958. The SMILES string of the molecule is Cc1ccc(C)c(C(=O)CCC(=O)NNc2ccc(C(F)(F)F)cc2[N+](=O)[O-])c1. The number of hydrogen-bond acceptors (Lipinski definition) is 5. The molecule has 29 heavy (non-hydrogen) atoms. The van der Waals surface area contributed by atoms with Gasteiger partial charge in [-0.25, -0.2) is 0 Å². The van der Waals surface area contributed by atoms with E-state index in [1.807, 2.05) is 13.0 Å². The van der Waals surface area contributed by atoms with Crippen LogP contribution in [0.3, 0.4) is 0 Å². The van der Waals surface area contributed by atoms with Crippen molar-refractivity contribution < 1.29 is 27.7 Å². The number of nitro benzene ring substituents is 1. The fourth-order valence-electron chi connectivity index (χ4n) is 2.56. The lowest BCUT2D eigenvalue weighted by molar-refractivity contribution is -0.384. The smallest absolute Gasteiger partial charge is 0.294 e. The standard InChI is InChI=1S/C19H18F3N3O4/c1-11-3-4-12(2)14(9-11)17(26)7-8-18(27)24-23-15-6-5-13(19(20,21)22)10-16(15)25(28)29/h3-6,9-10,23H,7-8H2,1-2H3,(H,24,27). The third kappa shape index (κ3) is 5.77. The van der Waals surface area contributed by atoms with Crippen LogP contribution in [0.1, 0.15) is 39.9 Å². The van der Waals surface area contributed by atoms with Crippen molar-refractivity contribution in [3.8, 4) is 0 Å². The van der Waals surface area contributed by atoms with Crippen LogP contribution in [0, 0.1) is 24.0 Å². The second-order valence-electron chi connectivity index (χ2n) is 6.40. The van der Waals surface area contributed by atoms with E-state index in [2.05, 4.69) is 10.9 Å². The van der Waals surface area contributed by atoms with E-state index in [0.717, 1.165) is 17.2 Å². The van der Waals surface area contributed by atoms with Crippen LogP contribution in [0.15, 0.2) is 36.4 Å². The van der Waals surface area contributed by atoms with Crippen LogP contribution in [0.5, 0.6) is 0 Å². The molecule has 2 aromatic rings. The summed E-state index contributed by atoms with van der Waals surface area (Å²) in [7, 11) is 0. The molecule has 7 nitrogen and oxygen atoms in total. The molecule has 10 heteroatoms. The number of aryl methyl sites for hydroxylation is 2. The van der Waals surface area contributed by atoms with Gasteiger partial charge in [0.05, 0.1) is 10.5 Å². The molecule has 0 saturated heterocycles. The van der Waals surface area contributed by atoms with E-state index in [-0.39, 0.29) is 24.3 Å². The van der Waals surface area contributed by atoms with Gasteiger partial charge in [0.15, 0.2) is 5.78 Å². The largest absolute Gasteiger partial charge is 0.416 e. The number of ketones is 1. The summed E-state index contributed by atoms with van der Waals surface area (Å²) in [6, 6.07) is 7.26. The zero-order valence-corrected chi connectivity index (χ0v) is 15.6. The van der Waals surface area contributed by atoms with Crippen molar-refractivity contribution in [3.05, 3.63) is 68.8 Å². The number of rotatable bonds is 7. The van der Waals surface area contributed by atoms with Crippen LogP contribution in [-0.4, -0.2) is 16.6 Å². The Morgan fingerprint density at radius 2 is 1.76 bits per heavy atom. The van der Waals surface area contributed by atoms with Gasteiger partial charge in [0.25, 0.3) is 5.69 Å². The summed E-state index contributed by atoms with van der Waals surface area (Å²) in [6.45, 7) is 3.61. The van der Waals surface area contributed by atoms with Crippen molar-refractivity contribution in [3.63, 3.8) is 0 Å². The number of Topliss-reactive ketones (excluding diaryl/α,β-unsaturated/α-hetero) is 1. The number of anilines is 1. The predicted octanol–water partition coefficient (Wildman–Crippen LogP) is 4.34. The first-order chi connectivity index (χ1) is 13.5. The number of alkyl halides is 3. The van der Waals surface area contributed by atoms with Crippen molar-refractivity contribution in [1.82, 2.24) is 5.43 Å².